The molecule has 1 amide bonds. The summed E-state index contributed by atoms with van der Waals surface area (Å²) in [6, 6.07) is 3.60. The minimum Gasteiger partial charge on any atom is -0.366 e. The Balaban J connectivity index is 2.04. The number of likely N-dealkylation sites (N-methyl/N-ethyl adjacent to an activating group) is 1. The third kappa shape index (κ3) is 2.37. The van der Waals surface area contributed by atoms with Crippen molar-refractivity contribution in [2.45, 2.75) is 6.10 Å². The number of hydrogen-bond donors (Lipinski definition) is 1. The fraction of sp³-hybridized carbons (Fsp3) is 0.455. The van der Waals surface area contributed by atoms with E-state index in [1.165, 1.54) is 0 Å². The molecule has 2 heterocycles. The van der Waals surface area contributed by atoms with Crippen molar-refractivity contribution >= 4 is 11.6 Å². The first-order valence-electron chi connectivity index (χ1n) is 5.29. The highest BCUT2D eigenvalue weighted by molar-refractivity contribution is 5.96. The molecule has 86 valence electrons. The Hall–Kier alpha value is -1.46. The van der Waals surface area contributed by atoms with E-state index < -0.39 is 0 Å². The number of pyridine rings is 1. The second-order valence-corrected chi connectivity index (χ2v) is 3.67. The molecule has 5 nitrogen and oxygen atoms in total. The van der Waals surface area contributed by atoms with Crippen LogP contribution in [0.15, 0.2) is 24.5 Å². The van der Waals surface area contributed by atoms with Crippen LogP contribution in [0.4, 0.5) is 5.69 Å². The van der Waals surface area contributed by atoms with Gasteiger partial charge < -0.3 is 15.0 Å². The maximum atomic E-state index is 12.0. The zero-order valence-electron chi connectivity index (χ0n) is 9.22. The van der Waals surface area contributed by atoms with Gasteiger partial charge in [0.25, 0.3) is 5.91 Å². The third-order valence-electron chi connectivity index (χ3n) is 2.58. The Morgan fingerprint density at radius 2 is 2.31 bits per heavy atom. The van der Waals surface area contributed by atoms with Crippen molar-refractivity contribution in [1.29, 1.82) is 0 Å². The van der Waals surface area contributed by atoms with Gasteiger partial charge in [-0.2, -0.15) is 0 Å². The van der Waals surface area contributed by atoms with Crippen molar-refractivity contribution in [3.05, 3.63) is 24.5 Å². The molecule has 1 aliphatic rings. The van der Waals surface area contributed by atoms with Crippen LogP contribution in [-0.4, -0.2) is 43.7 Å². The van der Waals surface area contributed by atoms with E-state index in [2.05, 4.69) is 10.3 Å². The average molecular weight is 221 g/mol. The van der Waals surface area contributed by atoms with E-state index >= 15 is 0 Å². The lowest BCUT2D eigenvalue weighted by atomic mass is 10.2. The lowest BCUT2D eigenvalue weighted by Gasteiger charge is -2.27. The largest absolute Gasteiger partial charge is 0.366 e. The highest BCUT2D eigenvalue weighted by Crippen LogP contribution is 2.12. The number of aromatic nitrogens is 1. The molecule has 1 aromatic heterocycles. The summed E-state index contributed by atoms with van der Waals surface area (Å²) >= 11 is 0. The summed E-state index contributed by atoms with van der Waals surface area (Å²) in [6.45, 7) is 1.97. The molecule has 1 saturated heterocycles. The predicted molar refractivity (Wildman–Crippen MR) is 60.3 cm³/mol. The lowest BCUT2D eigenvalue weighted by molar-refractivity contribution is -0.131. The van der Waals surface area contributed by atoms with Gasteiger partial charge in [0.1, 0.15) is 6.10 Å². The summed E-state index contributed by atoms with van der Waals surface area (Å²) in [4.78, 5) is 17.6. The number of hydrogen-bond acceptors (Lipinski definition) is 4. The van der Waals surface area contributed by atoms with E-state index in [1.807, 2.05) is 0 Å². The number of nitrogens with one attached hydrogen (secondary N) is 1. The normalized spacial score (nSPS) is 20.4. The quantitative estimate of drug-likeness (QED) is 0.765. The molecular formula is C11H15N3O2. The first-order chi connectivity index (χ1) is 7.79. The summed E-state index contributed by atoms with van der Waals surface area (Å²) in [6.07, 6.45) is 2.95. The van der Waals surface area contributed by atoms with Crippen LogP contribution in [-0.2, 0) is 9.53 Å². The van der Waals surface area contributed by atoms with Gasteiger partial charge in [-0.05, 0) is 12.1 Å². The first-order valence-corrected chi connectivity index (χ1v) is 5.29. The van der Waals surface area contributed by atoms with Gasteiger partial charge in [-0.15, -0.1) is 0 Å². The molecule has 0 radical (unpaired) electrons. The summed E-state index contributed by atoms with van der Waals surface area (Å²) in [5, 5.41) is 3.14. The van der Waals surface area contributed by atoms with Crippen LogP contribution in [0, 0.1) is 0 Å². The van der Waals surface area contributed by atoms with Gasteiger partial charge in [0.15, 0.2) is 0 Å². The number of anilines is 1. The summed E-state index contributed by atoms with van der Waals surface area (Å²) in [5.74, 6) is -0.0293. The number of amides is 1. The molecule has 1 unspecified atom stereocenters. The molecule has 0 saturated carbocycles. The van der Waals surface area contributed by atoms with Gasteiger partial charge in [-0.1, -0.05) is 0 Å². The molecule has 1 aromatic rings. The third-order valence-corrected chi connectivity index (χ3v) is 2.58. The van der Waals surface area contributed by atoms with Gasteiger partial charge >= 0.3 is 0 Å². The van der Waals surface area contributed by atoms with E-state index in [9.17, 15) is 4.79 Å². The minimum atomic E-state index is -0.382. The molecule has 1 fully saturated rings. The zero-order chi connectivity index (χ0) is 11.4. The van der Waals surface area contributed by atoms with Crippen LogP contribution in [0.3, 0.4) is 0 Å². The average Bonchev–Trinajstić information content (AvgIpc) is 2.39. The van der Waals surface area contributed by atoms with Gasteiger partial charge in [-0.3, -0.25) is 9.78 Å². The van der Waals surface area contributed by atoms with E-state index in [0.29, 0.717) is 13.2 Å². The molecule has 1 aliphatic heterocycles. The molecular weight excluding hydrogens is 206 g/mol. The molecule has 16 heavy (non-hydrogen) atoms. The topological polar surface area (TPSA) is 54.5 Å². The Morgan fingerprint density at radius 1 is 1.56 bits per heavy atom. The second kappa shape index (κ2) is 5.05. The van der Waals surface area contributed by atoms with E-state index in [4.69, 9.17) is 4.74 Å². The maximum Gasteiger partial charge on any atom is 0.257 e. The van der Waals surface area contributed by atoms with E-state index in [0.717, 1.165) is 12.2 Å². The maximum absolute atomic E-state index is 12.0. The Morgan fingerprint density at radius 3 is 2.94 bits per heavy atom. The van der Waals surface area contributed by atoms with Crippen molar-refractivity contribution in [1.82, 2.24) is 10.3 Å². The number of rotatable bonds is 2. The van der Waals surface area contributed by atoms with Crippen LogP contribution in [0.2, 0.25) is 0 Å². The van der Waals surface area contributed by atoms with Gasteiger partial charge in [0, 0.05) is 38.2 Å². The van der Waals surface area contributed by atoms with Crippen LogP contribution >= 0.6 is 0 Å². The van der Waals surface area contributed by atoms with E-state index in [1.54, 1.807) is 36.5 Å². The van der Waals surface area contributed by atoms with Crippen molar-refractivity contribution in [3.8, 4) is 0 Å². The summed E-state index contributed by atoms with van der Waals surface area (Å²) in [5.41, 5.74) is 0.828. The standard InChI is InChI=1S/C11H15N3O2/c1-14(9-2-4-12-5-3-9)11(15)10-8-13-6-7-16-10/h2-5,10,13H,6-8H2,1H3. The van der Waals surface area contributed by atoms with Crippen molar-refractivity contribution in [2.24, 2.45) is 0 Å². The van der Waals surface area contributed by atoms with Gasteiger partial charge in [0.05, 0.1) is 6.61 Å². The van der Waals surface area contributed by atoms with Crippen LogP contribution in [0.25, 0.3) is 0 Å². The SMILES string of the molecule is CN(C(=O)C1CNCCO1)c1ccncc1. The highest BCUT2D eigenvalue weighted by Gasteiger charge is 2.25. The van der Waals surface area contributed by atoms with Crippen molar-refractivity contribution in [2.75, 3.05) is 31.6 Å². The van der Waals surface area contributed by atoms with E-state index in [-0.39, 0.29) is 12.0 Å². The molecule has 0 aliphatic carbocycles. The molecule has 2 rings (SSSR count). The predicted octanol–water partition coefficient (Wildman–Crippen LogP) is 0.0328. The second-order valence-electron chi connectivity index (χ2n) is 3.67. The number of morpholine rings is 1. The number of carbonyl (C=O) groups is 1. The lowest BCUT2D eigenvalue weighted by Crippen LogP contribution is -2.48. The molecule has 0 spiro atoms. The molecule has 1 N–H and O–H groups in total. The Bertz CT molecular complexity index is 350. The zero-order valence-corrected chi connectivity index (χ0v) is 9.22. The summed E-state index contributed by atoms with van der Waals surface area (Å²) in [7, 11) is 1.75. The number of nitrogens with zero attached hydrogens (tertiary/aromatic N) is 2. The molecule has 5 heteroatoms. The number of carbonyl (C=O) groups excluding carboxylic acids is 1. The highest BCUT2D eigenvalue weighted by atomic mass is 16.5. The smallest absolute Gasteiger partial charge is 0.257 e. The van der Waals surface area contributed by atoms with Crippen molar-refractivity contribution < 1.29 is 9.53 Å². The van der Waals surface area contributed by atoms with Crippen molar-refractivity contribution in [3.63, 3.8) is 0 Å². The molecule has 0 aromatic carbocycles. The van der Waals surface area contributed by atoms with Gasteiger partial charge in [0.2, 0.25) is 0 Å². The van der Waals surface area contributed by atoms with Crippen LogP contribution in [0.1, 0.15) is 0 Å². The molecule has 1 atom stereocenters. The summed E-state index contributed by atoms with van der Waals surface area (Å²) < 4.78 is 5.41. The fourth-order valence-corrected chi connectivity index (χ4v) is 1.63. The minimum absolute atomic E-state index is 0.0293. The first kappa shape index (κ1) is 11.0. The fourth-order valence-electron chi connectivity index (χ4n) is 1.63. The van der Waals surface area contributed by atoms with Crippen LogP contribution in [0.5, 0.6) is 0 Å². The molecule has 0 bridgehead atoms. The number of ether oxygens (including phenoxy) is 1. The van der Waals surface area contributed by atoms with Crippen LogP contribution < -0.4 is 10.2 Å². The van der Waals surface area contributed by atoms with Gasteiger partial charge in [-0.25, -0.2) is 0 Å². The monoisotopic (exact) mass is 221 g/mol. The Kier molecular flexibility index (Phi) is 3.48. The Labute approximate surface area is 94.4 Å².